The van der Waals surface area contributed by atoms with Gasteiger partial charge < -0.3 is 20.3 Å². The second-order valence-corrected chi connectivity index (χ2v) is 11.1. The Morgan fingerprint density at radius 2 is 2.05 bits per heavy atom. The van der Waals surface area contributed by atoms with Crippen molar-refractivity contribution in [1.29, 1.82) is 5.26 Å². The fourth-order valence-corrected chi connectivity index (χ4v) is 6.26. The molecule has 10 heteroatoms. The van der Waals surface area contributed by atoms with Gasteiger partial charge in [0.15, 0.2) is 5.65 Å². The van der Waals surface area contributed by atoms with E-state index >= 15 is 4.39 Å². The number of ether oxygens (including phenoxy) is 1. The summed E-state index contributed by atoms with van der Waals surface area (Å²) in [5.41, 5.74) is 9.81. The van der Waals surface area contributed by atoms with E-state index in [1.165, 1.54) is 6.08 Å². The van der Waals surface area contributed by atoms with Gasteiger partial charge in [-0.05, 0) is 50.0 Å². The number of fused-ring (bicyclic) bond motifs is 1. The first-order valence-corrected chi connectivity index (χ1v) is 14.1. The van der Waals surface area contributed by atoms with Crippen molar-refractivity contribution < 1.29 is 13.5 Å². The monoisotopic (exact) mass is 547 g/mol. The number of anilines is 1. The topological polar surface area (TPSA) is 96.2 Å². The predicted molar refractivity (Wildman–Crippen MR) is 151 cm³/mol. The number of rotatable bonds is 5. The first-order chi connectivity index (χ1) is 19.5. The molecule has 2 fully saturated rings. The number of nitrogens with zero attached hydrogens (tertiary/aromatic N) is 6. The summed E-state index contributed by atoms with van der Waals surface area (Å²) in [6.45, 7) is 3.08. The summed E-state index contributed by atoms with van der Waals surface area (Å²) in [4.78, 5) is 14.0. The minimum atomic E-state index is -1.35. The minimum Gasteiger partial charge on any atom is -0.380 e. The van der Waals surface area contributed by atoms with Crippen molar-refractivity contribution in [2.45, 2.75) is 56.5 Å². The lowest BCUT2D eigenvalue weighted by molar-refractivity contribution is 0.112. The third kappa shape index (κ3) is 4.93. The Labute approximate surface area is 233 Å². The number of allylic oxidation sites excluding steroid dienone is 7. The average Bonchev–Trinajstić information content (AvgIpc) is 3.53. The molecule has 0 amide bonds. The molecule has 2 N–H and O–H groups in total. The van der Waals surface area contributed by atoms with Crippen LogP contribution in [0.15, 0.2) is 54.2 Å². The lowest BCUT2D eigenvalue weighted by Crippen LogP contribution is -2.36. The fraction of sp³-hybridized carbons (Fsp3) is 0.500. The SMILES string of the molecule is CO[C@H]1CCN(C2=CC(F)C(n3c(C4=CCC(C#N)C(F)=C4)nc4c(N5CCCC[C@@H](N)C5)ccnc43)C=C2)C1. The third-order valence-electron chi connectivity index (χ3n) is 8.48. The van der Waals surface area contributed by atoms with Crippen LogP contribution in [-0.2, 0) is 4.74 Å². The van der Waals surface area contributed by atoms with Gasteiger partial charge in [-0.1, -0.05) is 18.6 Å². The number of hydrogen-bond acceptors (Lipinski definition) is 7. The van der Waals surface area contributed by atoms with Crippen LogP contribution in [0.25, 0.3) is 16.7 Å². The maximum Gasteiger partial charge on any atom is 0.163 e. The molecule has 40 heavy (non-hydrogen) atoms. The number of aromatic nitrogens is 3. The van der Waals surface area contributed by atoms with Gasteiger partial charge in [0.25, 0.3) is 0 Å². The number of halogens is 2. The molecule has 4 heterocycles. The van der Waals surface area contributed by atoms with Gasteiger partial charge in [-0.2, -0.15) is 5.26 Å². The van der Waals surface area contributed by atoms with Crippen molar-refractivity contribution >= 4 is 22.4 Å². The molecule has 2 aliphatic carbocycles. The molecule has 2 saturated heterocycles. The molecule has 0 spiro atoms. The quantitative estimate of drug-likeness (QED) is 0.585. The van der Waals surface area contributed by atoms with Crippen LogP contribution in [0.4, 0.5) is 14.5 Å². The first-order valence-electron chi connectivity index (χ1n) is 14.1. The number of imidazole rings is 1. The lowest BCUT2D eigenvalue weighted by Gasteiger charge is -2.28. The van der Waals surface area contributed by atoms with E-state index in [0.717, 1.165) is 56.7 Å². The smallest absolute Gasteiger partial charge is 0.163 e. The first kappa shape index (κ1) is 26.7. The zero-order chi connectivity index (χ0) is 27.8. The third-order valence-corrected chi connectivity index (χ3v) is 8.48. The van der Waals surface area contributed by atoms with Gasteiger partial charge in [0, 0.05) is 56.8 Å². The standard InChI is InChI=1S/C30H35F2N7O/c1-40-23-10-13-37(18-23)22-7-8-26(25(32)15-22)39-29(19-5-6-20(16-33)24(31)14-19)36-28-27(9-11-35-30(28)39)38-12-3-2-4-21(34)17-38/h5,7-9,11,14-15,20-21,23,25-26H,2-4,6,10,12-13,17-18,34H2,1H3/t20?,21-,23+,25?,26?/m1/s1. The van der Waals surface area contributed by atoms with Crippen LogP contribution >= 0.6 is 0 Å². The zero-order valence-electron chi connectivity index (χ0n) is 22.7. The molecule has 2 aromatic rings. The highest BCUT2D eigenvalue weighted by Gasteiger charge is 2.33. The van der Waals surface area contributed by atoms with E-state index in [-0.39, 0.29) is 18.6 Å². The van der Waals surface area contributed by atoms with E-state index in [2.05, 4.69) is 14.8 Å². The van der Waals surface area contributed by atoms with Crippen LogP contribution in [0.3, 0.4) is 0 Å². The number of nitriles is 1. The molecule has 6 rings (SSSR count). The Balaban J connectivity index is 1.43. The van der Waals surface area contributed by atoms with Gasteiger partial charge in [0.2, 0.25) is 0 Å². The van der Waals surface area contributed by atoms with Crippen LogP contribution in [0, 0.1) is 17.2 Å². The van der Waals surface area contributed by atoms with Crippen molar-refractivity contribution in [3.05, 3.63) is 60.0 Å². The molecule has 8 nitrogen and oxygen atoms in total. The molecule has 0 aromatic carbocycles. The second kappa shape index (κ2) is 11.1. The summed E-state index contributed by atoms with van der Waals surface area (Å²) in [6, 6.07) is 3.27. The Bertz CT molecular complexity index is 1440. The molecule has 0 bridgehead atoms. The highest BCUT2D eigenvalue weighted by Crippen LogP contribution is 2.38. The molecular formula is C30H35F2N7O. The van der Waals surface area contributed by atoms with E-state index in [4.69, 9.17) is 15.5 Å². The second-order valence-electron chi connectivity index (χ2n) is 11.1. The van der Waals surface area contributed by atoms with Crippen molar-refractivity contribution in [2.24, 2.45) is 11.7 Å². The molecular weight excluding hydrogens is 512 g/mol. The number of hydrogen-bond donors (Lipinski definition) is 1. The van der Waals surface area contributed by atoms with E-state index in [0.29, 0.717) is 29.1 Å². The Kier molecular flexibility index (Phi) is 7.43. The summed E-state index contributed by atoms with van der Waals surface area (Å²) in [5.74, 6) is -0.889. The molecule has 0 saturated carbocycles. The highest BCUT2D eigenvalue weighted by atomic mass is 19.1. The van der Waals surface area contributed by atoms with E-state index in [9.17, 15) is 9.65 Å². The summed E-state index contributed by atoms with van der Waals surface area (Å²) < 4.78 is 38.2. The molecule has 5 atom stereocenters. The predicted octanol–water partition coefficient (Wildman–Crippen LogP) is 4.58. The van der Waals surface area contributed by atoms with Gasteiger partial charge in [0.1, 0.15) is 29.3 Å². The average molecular weight is 548 g/mol. The Morgan fingerprint density at radius 3 is 2.80 bits per heavy atom. The zero-order valence-corrected chi connectivity index (χ0v) is 22.7. The summed E-state index contributed by atoms with van der Waals surface area (Å²) in [7, 11) is 1.70. The van der Waals surface area contributed by atoms with Crippen LogP contribution in [0.5, 0.6) is 0 Å². The maximum atomic E-state index is 16.1. The van der Waals surface area contributed by atoms with Crippen LogP contribution < -0.4 is 10.6 Å². The Morgan fingerprint density at radius 1 is 1.18 bits per heavy atom. The van der Waals surface area contributed by atoms with Gasteiger partial charge in [-0.15, -0.1) is 0 Å². The summed E-state index contributed by atoms with van der Waals surface area (Å²) in [6.07, 6.45) is 13.3. The number of methoxy groups -OCH3 is 1. The van der Waals surface area contributed by atoms with Gasteiger partial charge in [-0.3, -0.25) is 4.57 Å². The minimum absolute atomic E-state index is 0.0524. The molecule has 2 aromatic heterocycles. The molecule has 210 valence electrons. The molecule has 2 aliphatic heterocycles. The van der Waals surface area contributed by atoms with Crippen LogP contribution in [0.1, 0.15) is 44.0 Å². The molecule has 3 unspecified atom stereocenters. The highest BCUT2D eigenvalue weighted by molar-refractivity contribution is 5.90. The van der Waals surface area contributed by atoms with Crippen LogP contribution in [0.2, 0.25) is 0 Å². The van der Waals surface area contributed by atoms with Crippen molar-refractivity contribution in [2.75, 3.05) is 38.2 Å². The fourth-order valence-electron chi connectivity index (χ4n) is 6.26. The lowest BCUT2D eigenvalue weighted by atomic mass is 9.96. The number of likely N-dealkylation sites (tertiary alicyclic amines) is 1. The van der Waals surface area contributed by atoms with Crippen molar-refractivity contribution in [3.63, 3.8) is 0 Å². The van der Waals surface area contributed by atoms with Crippen LogP contribution in [-0.4, -0.2) is 71.0 Å². The largest absolute Gasteiger partial charge is 0.380 e. The van der Waals surface area contributed by atoms with Crippen molar-refractivity contribution in [1.82, 2.24) is 19.4 Å². The maximum absolute atomic E-state index is 16.1. The molecule has 4 aliphatic rings. The number of alkyl halides is 1. The number of nitrogens with two attached hydrogens (primary N) is 1. The van der Waals surface area contributed by atoms with Gasteiger partial charge in [-0.25, -0.2) is 18.7 Å². The Hall–Kier alpha value is -3.55. The van der Waals surface area contributed by atoms with E-state index in [1.54, 1.807) is 23.9 Å². The van der Waals surface area contributed by atoms with E-state index in [1.807, 2.05) is 30.4 Å². The van der Waals surface area contributed by atoms with Gasteiger partial charge >= 0.3 is 0 Å². The molecule has 0 radical (unpaired) electrons. The van der Waals surface area contributed by atoms with E-state index < -0.39 is 24.0 Å². The van der Waals surface area contributed by atoms with Gasteiger partial charge in [0.05, 0.1) is 23.9 Å². The summed E-state index contributed by atoms with van der Waals surface area (Å²) in [5, 5.41) is 9.31. The normalized spacial score (nSPS) is 29.2. The van der Waals surface area contributed by atoms with Crippen molar-refractivity contribution in [3.8, 4) is 6.07 Å². The summed E-state index contributed by atoms with van der Waals surface area (Å²) >= 11 is 0. The number of pyridine rings is 1.